The molecule has 4 rings (SSSR count). The van der Waals surface area contributed by atoms with Crippen molar-refractivity contribution in [3.63, 3.8) is 0 Å². The van der Waals surface area contributed by atoms with E-state index in [2.05, 4.69) is 11.8 Å². The van der Waals surface area contributed by atoms with E-state index in [1.54, 1.807) is 23.1 Å². The first-order chi connectivity index (χ1) is 12.1. The van der Waals surface area contributed by atoms with Crippen LogP contribution in [-0.4, -0.2) is 39.9 Å². The first kappa shape index (κ1) is 17.4. The molecule has 5 nitrogen and oxygen atoms in total. The molecule has 136 valence electrons. The predicted molar refractivity (Wildman–Crippen MR) is 106 cm³/mol. The molecule has 2 N–H and O–H groups in total. The lowest BCUT2D eigenvalue weighted by Gasteiger charge is -2.26. The molecule has 1 fully saturated rings. The number of aryl methyl sites for hydroxylation is 1. The van der Waals surface area contributed by atoms with Crippen LogP contribution in [0.5, 0.6) is 0 Å². The van der Waals surface area contributed by atoms with Crippen LogP contribution in [0.3, 0.4) is 0 Å². The molecular weight excluding hydrogens is 352 g/mol. The molecule has 0 amide bonds. The Morgan fingerprint density at radius 2 is 2.08 bits per heavy atom. The summed E-state index contributed by atoms with van der Waals surface area (Å²) in [6.07, 6.45) is 7.38. The lowest BCUT2D eigenvalue weighted by atomic mass is 9.88. The van der Waals surface area contributed by atoms with Crippen LogP contribution >= 0.6 is 23.1 Å². The van der Waals surface area contributed by atoms with Crippen molar-refractivity contribution >= 4 is 33.3 Å². The Bertz CT molecular complexity index is 823. The predicted octanol–water partition coefficient (Wildman–Crippen LogP) is 3.19. The number of hydrogen-bond acceptors (Lipinski definition) is 6. The van der Waals surface area contributed by atoms with Crippen molar-refractivity contribution in [2.45, 2.75) is 56.5 Å². The average molecular weight is 379 g/mol. The van der Waals surface area contributed by atoms with E-state index in [0.717, 1.165) is 35.4 Å². The van der Waals surface area contributed by atoms with Gasteiger partial charge in [-0.2, -0.15) is 0 Å². The van der Waals surface area contributed by atoms with Gasteiger partial charge in [-0.1, -0.05) is 25.1 Å². The number of fused-ring (bicyclic) bond motifs is 3. The number of thiophene rings is 1. The molecule has 2 aromatic rings. The molecule has 2 aliphatic rings. The van der Waals surface area contributed by atoms with E-state index >= 15 is 0 Å². The SMILES string of the molecule is CC1CCCc2sc3nc(SCCN4CCCCC4)n(N)c(=O)c3c21. The van der Waals surface area contributed by atoms with Crippen LogP contribution in [0.2, 0.25) is 0 Å². The minimum atomic E-state index is -0.0725. The molecule has 1 aliphatic carbocycles. The highest BCUT2D eigenvalue weighted by molar-refractivity contribution is 7.99. The van der Waals surface area contributed by atoms with Gasteiger partial charge in [0.05, 0.1) is 5.39 Å². The minimum absolute atomic E-state index is 0.0725. The van der Waals surface area contributed by atoms with E-state index < -0.39 is 0 Å². The van der Waals surface area contributed by atoms with Gasteiger partial charge in [0, 0.05) is 17.2 Å². The monoisotopic (exact) mass is 378 g/mol. The Morgan fingerprint density at radius 1 is 1.28 bits per heavy atom. The molecule has 2 aromatic heterocycles. The fourth-order valence-corrected chi connectivity index (χ4v) is 6.37. The summed E-state index contributed by atoms with van der Waals surface area (Å²) in [7, 11) is 0. The zero-order valence-corrected chi connectivity index (χ0v) is 16.4. The number of thioether (sulfide) groups is 1. The number of piperidine rings is 1. The summed E-state index contributed by atoms with van der Waals surface area (Å²) in [5.41, 5.74) is 1.14. The van der Waals surface area contributed by atoms with Gasteiger partial charge >= 0.3 is 0 Å². The summed E-state index contributed by atoms with van der Waals surface area (Å²) in [5, 5.41) is 1.43. The van der Waals surface area contributed by atoms with Crippen molar-refractivity contribution in [3.8, 4) is 0 Å². The van der Waals surface area contributed by atoms with Gasteiger partial charge in [-0.05, 0) is 56.7 Å². The third kappa shape index (κ3) is 3.34. The maximum atomic E-state index is 12.9. The Labute approximate surface area is 156 Å². The first-order valence-electron chi connectivity index (χ1n) is 9.33. The third-order valence-electron chi connectivity index (χ3n) is 5.46. The molecule has 0 radical (unpaired) electrons. The lowest BCUT2D eigenvalue weighted by molar-refractivity contribution is 0.242. The van der Waals surface area contributed by atoms with Gasteiger partial charge < -0.3 is 10.7 Å². The van der Waals surface area contributed by atoms with Crippen LogP contribution in [0, 0.1) is 0 Å². The largest absolute Gasteiger partial charge is 0.334 e. The average Bonchev–Trinajstić information content (AvgIpc) is 3.00. The molecule has 0 aromatic carbocycles. The van der Waals surface area contributed by atoms with E-state index in [4.69, 9.17) is 10.8 Å². The Hall–Kier alpha value is -1.05. The molecule has 1 unspecified atom stereocenters. The standard InChI is InChI=1S/C18H26N4OS2/c1-12-6-5-7-13-14(12)15-16(25-13)20-18(22(19)17(15)23)24-11-10-21-8-3-2-4-9-21/h12H,2-11,19H2,1H3. The van der Waals surface area contributed by atoms with Crippen LogP contribution in [0.25, 0.3) is 10.2 Å². The summed E-state index contributed by atoms with van der Waals surface area (Å²) >= 11 is 3.31. The molecular formula is C18H26N4OS2. The molecule has 1 atom stereocenters. The second-order valence-electron chi connectivity index (χ2n) is 7.23. The number of rotatable bonds is 4. The number of nitrogens with zero attached hydrogens (tertiary/aromatic N) is 3. The summed E-state index contributed by atoms with van der Waals surface area (Å²) < 4.78 is 1.28. The number of likely N-dealkylation sites (tertiary alicyclic amines) is 1. The highest BCUT2D eigenvalue weighted by atomic mass is 32.2. The van der Waals surface area contributed by atoms with Crippen molar-refractivity contribution in [1.29, 1.82) is 0 Å². The zero-order valence-electron chi connectivity index (χ0n) is 14.8. The van der Waals surface area contributed by atoms with Gasteiger partial charge in [-0.25, -0.2) is 9.66 Å². The smallest absolute Gasteiger partial charge is 0.281 e. The fraction of sp³-hybridized carbons (Fsp3) is 0.667. The van der Waals surface area contributed by atoms with Gasteiger partial charge in [0.25, 0.3) is 5.56 Å². The third-order valence-corrected chi connectivity index (χ3v) is 7.55. The molecule has 0 spiro atoms. The van der Waals surface area contributed by atoms with Gasteiger partial charge in [-0.15, -0.1) is 11.3 Å². The minimum Gasteiger partial charge on any atom is -0.334 e. The normalized spacial score (nSPS) is 21.6. The van der Waals surface area contributed by atoms with E-state index in [9.17, 15) is 4.79 Å². The topological polar surface area (TPSA) is 64.2 Å². The van der Waals surface area contributed by atoms with Crippen LogP contribution < -0.4 is 11.4 Å². The quantitative estimate of drug-likeness (QED) is 0.503. The molecule has 3 heterocycles. The molecule has 7 heteroatoms. The fourth-order valence-electron chi connectivity index (χ4n) is 4.08. The van der Waals surface area contributed by atoms with Crippen molar-refractivity contribution in [2.75, 3.05) is 31.2 Å². The maximum Gasteiger partial charge on any atom is 0.281 e. The van der Waals surface area contributed by atoms with Crippen molar-refractivity contribution < 1.29 is 0 Å². The van der Waals surface area contributed by atoms with E-state index in [1.807, 2.05) is 0 Å². The van der Waals surface area contributed by atoms with Gasteiger partial charge in [-0.3, -0.25) is 4.79 Å². The summed E-state index contributed by atoms with van der Waals surface area (Å²) in [4.78, 5) is 22.4. The van der Waals surface area contributed by atoms with Crippen molar-refractivity contribution in [2.24, 2.45) is 0 Å². The van der Waals surface area contributed by atoms with Crippen LogP contribution in [0.4, 0.5) is 0 Å². The molecule has 25 heavy (non-hydrogen) atoms. The van der Waals surface area contributed by atoms with Crippen molar-refractivity contribution in [1.82, 2.24) is 14.6 Å². The van der Waals surface area contributed by atoms with Gasteiger partial charge in [0.1, 0.15) is 4.83 Å². The first-order valence-corrected chi connectivity index (χ1v) is 11.1. The number of nitrogen functional groups attached to an aromatic ring is 1. The van der Waals surface area contributed by atoms with E-state index in [1.165, 1.54) is 53.9 Å². The molecule has 1 saturated heterocycles. The van der Waals surface area contributed by atoms with Gasteiger partial charge in [0.2, 0.25) is 0 Å². The lowest BCUT2D eigenvalue weighted by Crippen LogP contribution is -2.32. The summed E-state index contributed by atoms with van der Waals surface area (Å²) in [6.45, 7) is 5.64. The Morgan fingerprint density at radius 3 is 2.88 bits per heavy atom. The summed E-state index contributed by atoms with van der Waals surface area (Å²) in [6, 6.07) is 0. The number of nitrogens with two attached hydrogens (primary N) is 1. The van der Waals surface area contributed by atoms with Crippen molar-refractivity contribution in [3.05, 3.63) is 20.8 Å². The number of hydrogen-bond donors (Lipinski definition) is 1. The van der Waals surface area contributed by atoms with Crippen LogP contribution in [-0.2, 0) is 6.42 Å². The van der Waals surface area contributed by atoms with Crippen LogP contribution in [0.1, 0.15) is 55.4 Å². The highest BCUT2D eigenvalue weighted by Crippen LogP contribution is 2.40. The number of aromatic nitrogens is 2. The van der Waals surface area contributed by atoms with E-state index in [-0.39, 0.29) is 5.56 Å². The Balaban J connectivity index is 1.58. The van der Waals surface area contributed by atoms with Gasteiger partial charge in [0.15, 0.2) is 5.16 Å². The molecule has 0 saturated carbocycles. The Kier molecular flexibility index (Phi) is 5.06. The second-order valence-corrected chi connectivity index (χ2v) is 9.38. The molecule has 1 aliphatic heterocycles. The zero-order chi connectivity index (χ0) is 17.4. The summed E-state index contributed by atoms with van der Waals surface area (Å²) in [5.74, 6) is 7.48. The second kappa shape index (κ2) is 7.29. The molecule has 0 bridgehead atoms. The van der Waals surface area contributed by atoms with E-state index in [0.29, 0.717) is 11.1 Å². The van der Waals surface area contributed by atoms with Crippen LogP contribution in [0.15, 0.2) is 9.95 Å². The highest BCUT2D eigenvalue weighted by Gasteiger charge is 2.26. The maximum absolute atomic E-state index is 12.9.